The van der Waals surface area contributed by atoms with Crippen molar-refractivity contribution >= 4 is 28.9 Å². The zero-order valence-electron chi connectivity index (χ0n) is 15.9. The molecule has 4 rings (SSSR count). The number of anilines is 3. The molecule has 0 saturated carbocycles. The molecule has 0 radical (unpaired) electrons. The van der Waals surface area contributed by atoms with E-state index >= 15 is 0 Å². The average Bonchev–Trinajstić information content (AvgIpc) is 3.23. The number of rotatable bonds is 6. The molecular formula is C22H23ClN4O. The molecule has 1 N–H and O–H groups in total. The predicted molar refractivity (Wildman–Crippen MR) is 114 cm³/mol. The molecule has 3 aromatic rings. The topological polar surface area (TPSA) is 50.3 Å². The maximum atomic E-state index is 5.91. The molecule has 0 aliphatic carbocycles. The minimum absolute atomic E-state index is 0.508. The second-order valence-electron chi connectivity index (χ2n) is 6.92. The molecule has 1 fully saturated rings. The van der Waals surface area contributed by atoms with E-state index < -0.39 is 0 Å². The number of benzene rings is 2. The van der Waals surface area contributed by atoms with Crippen LogP contribution in [0.3, 0.4) is 0 Å². The van der Waals surface area contributed by atoms with E-state index in [2.05, 4.69) is 20.2 Å². The second-order valence-corrected chi connectivity index (χ2v) is 7.35. The van der Waals surface area contributed by atoms with Crippen LogP contribution < -0.4 is 15.0 Å². The van der Waals surface area contributed by atoms with Gasteiger partial charge >= 0.3 is 0 Å². The van der Waals surface area contributed by atoms with E-state index in [-0.39, 0.29) is 0 Å². The molecule has 28 heavy (non-hydrogen) atoms. The lowest BCUT2D eigenvalue weighted by Crippen LogP contribution is -2.19. The Morgan fingerprint density at radius 2 is 1.71 bits per heavy atom. The van der Waals surface area contributed by atoms with Gasteiger partial charge in [-0.25, -0.2) is 9.97 Å². The standard InChI is InChI=1S/C22H23ClN4O/c1-16-24-21(14-22(25-16)27-12-2-3-13-27)26-19-8-10-20(11-9-19)28-15-17-4-6-18(23)7-5-17/h4-11,14H,2-3,12-13,15H2,1H3,(H,24,25,26). The summed E-state index contributed by atoms with van der Waals surface area (Å²) in [5.41, 5.74) is 2.04. The quantitative estimate of drug-likeness (QED) is 0.609. The van der Waals surface area contributed by atoms with Gasteiger partial charge in [-0.1, -0.05) is 23.7 Å². The van der Waals surface area contributed by atoms with Gasteiger partial charge in [-0.2, -0.15) is 0 Å². The number of nitrogens with zero attached hydrogens (tertiary/aromatic N) is 3. The van der Waals surface area contributed by atoms with Gasteiger partial charge in [0, 0.05) is 29.9 Å². The van der Waals surface area contributed by atoms with Crippen LogP contribution in [0.2, 0.25) is 5.02 Å². The van der Waals surface area contributed by atoms with Gasteiger partial charge in [0.2, 0.25) is 0 Å². The van der Waals surface area contributed by atoms with Gasteiger partial charge < -0.3 is 15.0 Å². The van der Waals surface area contributed by atoms with E-state index in [4.69, 9.17) is 16.3 Å². The highest BCUT2D eigenvalue weighted by molar-refractivity contribution is 6.30. The van der Waals surface area contributed by atoms with E-state index in [1.165, 1.54) is 12.8 Å². The van der Waals surface area contributed by atoms with Crippen molar-refractivity contribution < 1.29 is 4.74 Å². The Kier molecular flexibility index (Phi) is 5.63. The van der Waals surface area contributed by atoms with Crippen molar-refractivity contribution in [2.45, 2.75) is 26.4 Å². The number of aromatic nitrogens is 2. The van der Waals surface area contributed by atoms with Gasteiger partial charge in [0.25, 0.3) is 0 Å². The maximum Gasteiger partial charge on any atom is 0.136 e. The summed E-state index contributed by atoms with van der Waals surface area (Å²) < 4.78 is 5.84. The van der Waals surface area contributed by atoms with Crippen molar-refractivity contribution in [1.82, 2.24) is 9.97 Å². The normalized spacial score (nSPS) is 13.6. The molecule has 0 unspecified atom stereocenters. The fourth-order valence-corrected chi connectivity index (χ4v) is 3.38. The van der Waals surface area contributed by atoms with Crippen molar-refractivity contribution in [2.24, 2.45) is 0 Å². The van der Waals surface area contributed by atoms with E-state index in [9.17, 15) is 0 Å². The highest BCUT2D eigenvalue weighted by atomic mass is 35.5. The van der Waals surface area contributed by atoms with E-state index in [0.29, 0.717) is 6.61 Å². The summed E-state index contributed by atoms with van der Waals surface area (Å²) in [6.07, 6.45) is 2.45. The first kappa shape index (κ1) is 18.6. The zero-order chi connectivity index (χ0) is 19.3. The first-order valence-electron chi connectivity index (χ1n) is 9.51. The summed E-state index contributed by atoms with van der Waals surface area (Å²) in [6.45, 7) is 4.57. The minimum atomic E-state index is 0.508. The Morgan fingerprint density at radius 1 is 1.00 bits per heavy atom. The van der Waals surface area contributed by atoms with Gasteiger partial charge in [0.05, 0.1) is 0 Å². The molecule has 6 heteroatoms. The third kappa shape index (κ3) is 4.73. The minimum Gasteiger partial charge on any atom is -0.489 e. The highest BCUT2D eigenvalue weighted by Gasteiger charge is 2.15. The molecule has 2 heterocycles. The largest absolute Gasteiger partial charge is 0.489 e. The Labute approximate surface area is 170 Å². The van der Waals surface area contributed by atoms with Crippen LogP contribution >= 0.6 is 11.6 Å². The van der Waals surface area contributed by atoms with Crippen LogP contribution in [-0.4, -0.2) is 23.1 Å². The van der Waals surface area contributed by atoms with E-state index in [1.807, 2.05) is 61.5 Å². The lowest BCUT2D eigenvalue weighted by Gasteiger charge is -2.18. The lowest BCUT2D eigenvalue weighted by atomic mass is 10.2. The van der Waals surface area contributed by atoms with Gasteiger partial charge in [-0.15, -0.1) is 0 Å². The molecule has 2 aromatic carbocycles. The second kappa shape index (κ2) is 8.48. The molecule has 0 atom stereocenters. The number of aryl methyl sites for hydroxylation is 1. The number of ether oxygens (including phenoxy) is 1. The van der Waals surface area contributed by atoms with Crippen molar-refractivity contribution in [2.75, 3.05) is 23.3 Å². The zero-order valence-corrected chi connectivity index (χ0v) is 16.6. The van der Waals surface area contributed by atoms with Crippen molar-refractivity contribution in [3.05, 3.63) is 71.0 Å². The number of nitrogens with one attached hydrogen (secondary N) is 1. The van der Waals surface area contributed by atoms with Gasteiger partial charge in [0.1, 0.15) is 29.8 Å². The van der Waals surface area contributed by atoms with Crippen molar-refractivity contribution in [3.8, 4) is 5.75 Å². The molecule has 0 bridgehead atoms. The summed E-state index contributed by atoms with van der Waals surface area (Å²) in [5, 5.41) is 4.10. The van der Waals surface area contributed by atoms with Crippen LogP contribution in [0.5, 0.6) is 5.75 Å². The average molecular weight is 395 g/mol. The third-order valence-corrected chi connectivity index (χ3v) is 4.95. The molecular weight excluding hydrogens is 372 g/mol. The molecule has 5 nitrogen and oxygen atoms in total. The first-order valence-corrected chi connectivity index (χ1v) is 9.88. The smallest absolute Gasteiger partial charge is 0.136 e. The van der Waals surface area contributed by atoms with Crippen molar-refractivity contribution in [3.63, 3.8) is 0 Å². The molecule has 1 aliphatic rings. The SMILES string of the molecule is Cc1nc(Nc2ccc(OCc3ccc(Cl)cc3)cc2)cc(N2CCCC2)n1. The Hall–Kier alpha value is -2.79. The molecule has 0 amide bonds. The summed E-state index contributed by atoms with van der Waals surface area (Å²) in [7, 11) is 0. The molecule has 144 valence electrons. The number of halogens is 1. The monoisotopic (exact) mass is 394 g/mol. The van der Waals surface area contributed by atoms with Crippen molar-refractivity contribution in [1.29, 1.82) is 0 Å². The van der Waals surface area contributed by atoms with E-state index in [1.54, 1.807) is 0 Å². The molecule has 1 aliphatic heterocycles. The predicted octanol–water partition coefficient (Wildman–Crippen LogP) is 5.36. The maximum absolute atomic E-state index is 5.91. The Bertz CT molecular complexity index is 922. The van der Waals surface area contributed by atoms with Crippen LogP contribution in [0.4, 0.5) is 17.3 Å². The van der Waals surface area contributed by atoms with Crippen LogP contribution in [0.15, 0.2) is 54.6 Å². The summed E-state index contributed by atoms with van der Waals surface area (Å²) in [4.78, 5) is 11.4. The van der Waals surface area contributed by atoms with Crippen LogP contribution in [0.1, 0.15) is 24.2 Å². The Balaban J connectivity index is 1.39. The fraction of sp³-hybridized carbons (Fsp3) is 0.273. The van der Waals surface area contributed by atoms with Gasteiger partial charge in [-0.05, 0) is 61.7 Å². The fourth-order valence-electron chi connectivity index (χ4n) is 3.25. The highest BCUT2D eigenvalue weighted by Crippen LogP contribution is 2.24. The lowest BCUT2D eigenvalue weighted by molar-refractivity contribution is 0.306. The van der Waals surface area contributed by atoms with Gasteiger partial charge in [-0.3, -0.25) is 0 Å². The van der Waals surface area contributed by atoms with E-state index in [0.717, 1.165) is 52.6 Å². The number of hydrogen-bond donors (Lipinski definition) is 1. The molecule has 1 aromatic heterocycles. The first-order chi connectivity index (χ1) is 13.7. The third-order valence-electron chi connectivity index (χ3n) is 4.70. The summed E-state index contributed by atoms with van der Waals surface area (Å²) in [6, 6.07) is 17.6. The van der Waals surface area contributed by atoms with Crippen LogP contribution in [0.25, 0.3) is 0 Å². The van der Waals surface area contributed by atoms with Crippen LogP contribution in [0, 0.1) is 6.92 Å². The molecule has 1 saturated heterocycles. The Morgan fingerprint density at radius 3 is 2.43 bits per heavy atom. The summed E-state index contributed by atoms with van der Waals surface area (Å²) in [5.74, 6) is 3.39. The van der Waals surface area contributed by atoms with Gasteiger partial charge in [0.15, 0.2) is 0 Å². The molecule has 0 spiro atoms. The summed E-state index contributed by atoms with van der Waals surface area (Å²) >= 11 is 5.91. The van der Waals surface area contributed by atoms with Crippen LogP contribution in [-0.2, 0) is 6.61 Å². The number of hydrogen-bond acceptors (Lipinski definition) is 5.